The predicted molar refractivity (Wildman–Crippen MR) is 94.0 cm³/mol. The first-order valence-corrected chi connectivity index (χ1v) is 10.7. The van der Waals surface area contributed by atoms with Gasteiger partial charge >= 0.3 is 0 Å². The molecule has 0 aromatic carbocycles. The molecule has 0 bridgehead atoms. The maximum absolute atomic E-state index is 12.7. The van der Waals surface area contributed by atoms with E-state index in [2.05, 4.69) is 15.9 Å². The van der Waals surface area contributed by atoms with Gasteiger partial charge in [-0.2, -0.15) is 4.31 Å². The first-order chi connectivity index (χ1) is 9.86. The molecule has 0 aliphatic heterocycles. The van der Waals surface area contributed by atoms with Gasteiger partial charge in [-0.3, -0.25) is 0 Å². The van der Waals surface area contributed by atoms with E-state index < -0.39 is 10.0 Å². The molecule has 2 rings (SSSR count). The summed E-state index contributed by atoms with van der Waals surface area (Å²) in [7, 11) is -1.90. The van der Waals surface area contributed by atoms with Crippen LogP contribution in [0, 0.1) is 0 Å². The van der Waals surface area contributed by atoms with Gasteiger partial charge in [0.2, 0.25) is 10.0 Å². The average molecular weight is 429 g/mol. The lowest BCUT2D eigenvalue weighted by molar-refractivity contribution is 0.388. The number of rotatable bonds is 6. The second-order valence-electron chi connectivity index (χ2n) is 4.64. The molecule has 3 nitrogen and oxygen atoms in total. The third kappa shape index (κ3) is 3.89. The maximum atomic E-state index is 12.7. The molecule has 0 aliphatic carbocycles. The Hall–Kier alpha value is 0.0800. The normalized spacial score (nSPS) is 13.8. The van der Waals surface area contributed by atoms with Crippen LogP contribution in [0.3, 0.4) is 0 Å². The fourth-order valence-electron chi connectivity index (χ4n) is 1.88. The average Bonchev–Trinajstić information content (AvgIpc) is 3.07. The van der Waals surface area contributed by atoms with Crippen LogP contribution in [0.2, 0.25) is 0 Å². The van der Waals surface area contributed by atoms with Gasteiger partial charge in [0.1, 0.15) is 4.90 Å². The van der Waals surface area contributed by atoms with Crippen molar-refractivity contribution in [2.24, 2.45) is 0 Å². The zero-order chi connectivity index (χ0) is 15.6. The monoisotopic (exact) mass is 427 g/mol. The van der Waals surface area contributed by atoms with Crippen LogP contribution in [-0.2, 0) is 22.3 Å². The molecule has 21 heavy (non-hydrogen) atoms. The van der Waals surface area contributed by atoms with Crippen molar-refractivity contribution in [2.45, 2.75) is 30.2 Å². The molecule has 2 heterocycles. The van der Waals surface area contributed by atoms with Crippen molar-refractivity contribution in [2.75, 3.05) is 7.05 Å². The summed E-state index contributed by atoms with van der Waals surface area (Å²) < 4.78 is 27.5. The van der Waals surface area contributed by atoms with E-state index in [1.165, 1.54) is 20.5 Å². The summed E-state index contributed by atoms with van der Waals surface area (Å²) >= 11 is 12.1. The van der Waals surface area contributed by atoms with Crippen LogP contribution in [0.25, 0.3) is 0 Å². The van der Waals surface area contributed by atoms with Crippen LogP contribution >= 0.6 is 50.2 Å². The summed E-state index contributed by atoms with van der Waals surface area (Å²) in [6, 6.07) is 5.53. The van der Waals surface area contributed by atoms with Crippen LogP contribution in [0.5, 0.6) is 0 Å². The van der Waals surface area contributed by atoms with E-state index in [0.717, 1.165) is 4.88 Å². The van der Waals surface area contributed by atoms with Crippen LogP contribution < -0.4 is 0 Å². The lowest BCUT2D eigenvalue weighted by Gasteiger charge is -2.23. The number of likely N-dealkylation sites (N-methyl/N-ethyl adjacent to an activating group) is 1. The molecule has 2 aromatic heterocycles. The maximum Gasteiger partial charge on any atom is 0.245 e. The highest BCUT2D eigenvalue weighted by Crippen LogP contribution is 2.34. The molecule has 0 spiro atoms. The number of nitrogens with zero attached hydrogens (tertiary/aromatic N) is 1. The van der Waals surface area contributed by atoms with Crippen LogP contribution in [0.4, 0.5) is 0 Å². The Morgan fingerprint density at radius 1 is 1.43 bits per heavy atom. The molecule has 0 aliphatic rings. The molecule has 1 atom stereocenters. The number of hydrogen-bond donors (Lipinski definition) is 0. The highest BCUT2D eigenvalue weighted by molar-refractivity contribution is 9.11. The van der Waals surface area contributed by atoms with Gasteiger partial charge in [-0.05, 0) is 46.8 Å². The van der Waals surface area contributed by atoms with Crippen molar-refractivity contribution < 1.29 is 8.42 Å². The molecule has 2 aromatic rings. The highest BCUT2D eigenvalue weighted by atomic mass is 79.9. The fourth-order valence-corrected chi connectivity index (χ4v) is 6.79. The minimum atomic E-state index is -3.52. The zero-order valence-electron chi connectivity index (χ0n) is 11.5. The van der Waals surface area contributed by atoms with Crippen LogP contribution in [-0.4, -0.2) is 25.8 Å². The smallest absolute Gasteiger partial charge is 0.207 e. The first kappa shape index (κ1) is 17.4. The zero-order valence-corrected chi connectivity index (χ0v) is 16.3. The number of hydrogen-bond acceptors (Lipinski definition) is 4. The van der Waals surface area contributed by atoms with Gasteiger partial charge in [0.05, 0.1) is 9.67 Å². The summed E-state index contributed by atoms with van der Waals surface area (Å²) in [5.41, 5.74) is 0. The van der Waals surface area contributed by atoms with Gasteiger partial charge in [0, 0.05) is 22.8 Å². The van der Waals surface area contributed by atoms with E-state index in [1.807, 2.05) is 24.4 Å². The van der Waals surface area contributed by atoms with E-state index in [4.69, 9.17) is 11.6 Å². The molecule has 0 N–H and O–H groups in total. The summed E-state index contributed by atoms with van der Waals surface area (Å²) in [5, 5.41) is 2.00. The highest BCUT2D eigenvalue weighted by Gasteiger charge is 2.29. The Kier molecular flexibility index (Phi) is 5.90. The minimum absolute atomic E-state index is 0.111. The number of sulfonamides is 1. The van der Waals surface area contributed by atoms with Gasteiger partial charge < -0.3 is 0 Å². The Balaban J connectivity index is 2.23. The third-order valence-electron chi connectivity index (χ3n) is 3.19. The quantitative estimate of drug-likeness (QED) is 0.632. The predicted octanol–water partition coefficient (Wildman–Crippen LogP) is 4.56. The molecule has 0 radical (unpaired) electrons. The molecule has 116 valence electrons. The summed E-state index contributed by atoms with van der Waals surface area (Å²) in [6.45, 7) is 1.92. The van der Waals surface area contributed by atoms with E-state index in [0.29, 0.717) is 21.0 Å². The van der Waals surface area contributed by atoms with Crippen molar-refractivity contribution in [1.29, 1.82) is 0 Å². The van der Waals surface area contributed by atoms with E-state index in [-0.39, 0.29) is 6.04 Å². The molecule has 0 fully saturated rings. The van der Waals surface area contributed by atoms with E-state index >= 15 is 0 Å². The Labute approximate surface area is 146 Å². The Morgan fingerprint density at radius 2 is 2.14 bits per heavy atom. The molecular formula is C13H15BrClNO2S3. The first-order valence-electron chi connectivity index (χ1n) is 6.21. The Morgan fingerprint density at radius 3 is 2.67 bits per heavy atom. The van der Waals surface area contributed by atoms with Gasteiger partial charge in [-0.1, -0.05) is 6.07 Å². The number of alkyl halides is 1. The molecule has 1 unspecified atom stereocenters. The number of halogens is 2. The largest absolute Gasteiger partial charge is 0.245 e. The lowest BCUT2D eigenvalue weighted by atomic mass is 10.2. The molecule has 0 saturated heterocycles. The van der Waals surface area contributed by atoms with Crippen molar-refractivity contribution >= 4 is 60.2 Å². The summed E-state index contributed by atoms with van der Waals surface area (Å²) in [6.07, 6.45) is 0.706. The van der Waals surface area contributed by atoms with Crippen molar-refractivity contribution in [3.05, 3.63) is 37.1 Å². The third-order valence-corrected chi connectivity index (χ3v) is 8.76. The molecular weight excluding hydrogens is 414 g/mol. The fraction of sp³-hybridized carbons (Fsp3) is 0.385. The molecule has 0 saturated carbocycles. The van der Waals surface area contributed by atoms with Gasteiger partial charge in [-0.15, -0.1) is 34.3 Å². The number of thiophene rings is 2. The SMILES string of the molecule is CC(Cc1cccs1)N(C)S(=O)(=O)c1cc(CCl)sc1Br. The second kappa shape index (κ2) is 7.10. The summed E-state index contributed by atoms with van der Waals surface area (Å²) in [4.78, 5) is 2.31. The molecule has 8 heteroatoms. The van der Waals surface area contributed by atoms with Crippen molar-refractivity contribution in [3.8, 4) is 0 Å². The second-order valence-corrected chi connectivity index (χ2v) is 10.4. The van der Waals surface area contributed by atoms with Crippen LogP contribution in [0.1, 0.15) is 16.7 Å². The summed E-state index contributed by atoms with van der Waals surface area (Å²) in [5.74, 6) is 0.313. The molecule has 0 amide bonds. The Bertz CT molecular complexity index is 697. The van der Waals surface area contributed by atoms with Crippen molar-refractivity contribution in [3.63, 3.8) is 0 Å². The van der Waals surface area contributed by atoms with Gasteiger partial charge in [-0.25, -0.2) is 8.42 Å². The van der Waals surface area contributed by atoms with Gasteiger partial charge in [0.15, 0.2) is 0 Å². The van der Waals surface area contributed by atoms with Crippen molar-refractivity contribution in [1.82, 2.24) is 4.31 Å². The standard InChI is InChI=1S/C13H15BrClNO2S3/c1-9(6-10-4-3-5-19-10)16(2)21(17,18)12-7-11(8-15)20-13(12)14/h3-5,7,9H,6,8H2,1-2H3. The lowest BCUT2D eigenvalue weighted by Crippen LogP contribution is -2.36. The van der Waals surface area contributed by atoms with E-state index in [9.17, 15) is 8.42 Å². The van der Waals surface area contributed by atoms with E-state index in [1.54, 1.807) is 24.5 Å². The minimum Gasteiger partial charge on any atom is -0.207 e. The topological polar surface area (TPSA) is 37.4 Å². The van der Waals surface area contributed by atoms with Gasteiger partial charge in [0.25, 0.3) is 0 Å². The van der Waals surface area contributed by atoms with Crippen LogP contribution in [0.15, 0.2) is 32.3 Å².